The lowest BCUT2D eigenvalue weighted by atomic mass is 10.1. The van der Waals surface area contributed by atoms with Crippen molar-refractivity contribution >= 4 is 17.1 Å². The molecule has 0 heterocycles. The third-order valence-electron chi connectivity index (χ3n) is 2.86. The van der Waals surface area contributed by atoms with Crippen LogP contribution in [0.4, 0.5) is 17.1 Å². The summed E-state index contributed by atoms with van der Waals surface area (Å²) in [6, 6.07) is 13.0. The Kier molecular flexibility index (Phi) is 3.58. The molecule has 2 aromatic rings. The van der Waals surface area contributed by atoms with Crippen LogP contribution in [0, 0.1) is 18.3 Å². The molecule has 0 radical (unpaired) electrons. The minimum Gasteiger partial charge on any atom is -0.495 e. The van der Waals surface area contributed by atoms with Crippen molar-refractivity contribution < 1.29 is 4.74 Å². The van der Waals surface area contributed by atoms with E-state index in [9.17, 15) is 0 Å². The highest BCUT2D eigenvalue weighted by Gasteiger charge is 2.06. The van der Waals surface area contributed by atoms with Gasteiger partial charge in [-0.1, -0.05) is 6.07 Å². The fraction of sp³-hybridized carbons (Fsp3) is 0.133. The summed E-state index contributed by atoms with van der Waals surface area (Å²) in [5, 5.41) is 12.1. The fourth-order valence-corrected chi connectivity index (χ4v) is 1.78. The smallest absolute Gasteiger partial charge is 0.143 e. The van der Waals surface area contributed by atoms with E-state index in [1.807, 2.05) is 31.2 Å². The second kappa shape index (κ2) is 5.32. The van der Waals surface area contributed by atoms with Crippen molar-refractivity contribution in [3.05, 3.63) is 47.5 Å². The summed E-state index contributed by atoms with van der Waals surface area (Å²) >= 11 is 0. The van der Waals surface area contributed by atoms with Crippen LogP contribution in [0.15, 0.2) is 36.4 Å². The minimum atomic E-state index is 0.562. The van der Waals surface area contributed by atoms with Crippen LogP contribution in [-0.4, -0.2) is 7.11 Å². The van der Waals surface area contributed by atoms with Gasteiger partial charge in [0.1, 0.15) is 5.75 Å². The van der Waals surface area contributed by atoms with E-state index in [0.29, 0.717) is 17.0 Å². The summed E-state index contributed by atoms with van der Waals surface area (Å²) in [5.74, 6) is 0.626. The molecule has 4 nitrogen and oxygen atoms in total. The lowest BCUT2D eigenvalue weighted by Crippen LogP contribution is -1.98. The number of anilines is 3. The van der Waals surface area contributed by atoms with Gasteiger partial charge >= 0.3 is 0 Å². The molecule has 0 atom stereocenters. The zero-order chi connectivity index (χ0) is 13.8. The number of nitrogens with zero attached hydrogens (tertiary/aromatic N) is 1. The second-order valence-corrected chi connectivity index (χ2v) is 4.23. The highest BCUT2D eigenvalue weighted by molar-refractivity contribution is 5.71. The molecule has 0 fully saturated rings. The molecule has 0 aliphatic heterocycles. The van der Waals surface area contributed by atoms with Crippen LogP contribution < -0.4 is 15.8 Å². The van der Waals surface area contributed by atoms with Gasteiger partial charge in [0.2, 0.25) is 0 Å². The third kappa shape index (κ3) is 2.78. The van der Waals surface area contributed by atoms with Gasteiger partial charge in [0, 0.05) is 17.4 Å². The molecule has 96 valence electrons. The number of nitrogens with one attached hydrogen (secondary N) is 1. The monoisotopic (exact) mass is 253 g/mol. The van der Waals surface area contributed by atoms with Crippen LogP contribution in [0.1, 0.15) is 11.1 Å². The first-order valence-electron chi connectivity index (χ1n) is 5.85. The number of benzene rings is 2. The Hall–Kier alpha value is -2.67. The van der Waals surface area contributed by atoms with Gasteiger partial charge in [-0.25, -0.2) is 0 Å². The Morgan fingerprint density at radius 1 is 1.16 bits per heavy atom. The maximum Gasteiger partial charge on any atom is 0.143 e. The van der Waals surface area contributed by atoms with Crippen LogP contribution in [-0.2, 0) is 0 Å². The zero-order valence-corrected chi connectivity index (χ0v) is 10.9. The van der Waals surface area contributed by atoms with E-state index in [4.69, 9.17) is 15.7 Å². The highest BCUT2D eigenvalue weighted by Crippen LogP contribution is 2.30. The summed E-state index contributed by atoms with van der Waals surface area (Å²) < 4.78 is 5.29. The van der Waals surface area contributed by atoms with Gasteiger partial charge in [-0.3, -0.25) is 0 Å². The Bertz CT molecular complexity index is 644. The Balaban J connectivity index is 2.38. The Morgan fingerprint density at radius 3 is 2.63 bits per heavy atom. The molecule has 0 saturated heterocycles. The zero-order valence-electron chi connectivity index (χ0n) is 10.9. The lowest BCUT2D eigenvalue weighted by molar-refractivity contribution is 0.416. The normalized spacial score (nSPS) is 9.74. The SMILES string of the molecule is COc1cc(C#N)ccc1Nc1cc(N)ccc1C. The molecular formula is C15H15N3O. The molecule has 0 unspecified atom stereocenters. The largest absolute Gasteiger partial charge is 0.495 e. The summed E-state index contributed by atoms with van der Waals surface area (Å²) in [4.78, 5) is 0. The molecule has 2 rings (SSSR count). The molecule has 0 saturated carbocycles. The average molecular weight is 253 g/mol. The summed E-state index contributed by atoms with van der Waals surface area (Å²) in [7, 11) is 1.58. The topological polar surface area (TPSA) is 71.1 Å². The molecule has 0 bridgehead atoms. The van der Waals surface area contributed by atoms with Crippen LogP contribution in [0.2, 0.25) is 0 Å². The van der Waals surface area contributed by atoms with Crippen molar-refractivity contribution in [3.63, 3.8) is 0 Å². The second-order valence-electron chi connectivity index (χ2n) is 4.23. The van der Waals surface area contributed by atoms with Gasteiger partial charge < -0.3 is 15.8 Å². The van der Waals surface area contributed by atoms with E-state index in [1.165, 1.54) is 0 Å². The highest BCUT2D eigenvalue weighted by atomic mass is 16.5. The molecule has 0 aromatic heterocycles. The van der Waals surface area contributed by atoms with Gasteiger partial charge in [-0.2, -0.15) is 5.26 Å². The number of nitrogens with two attached hydrogens (primary N) is 1. The maximum atomic E-state index is 8.88. The Morgan fingerprint density at radius 2 is 1.95 bits per heavy atom. The summed E-state index contributed by atoms with van der Waals surface area (Å²) in [5.41, 5.74) is 9.84. The molecule has 0 aliphatic rings. The van der Waals surface area contributed by atoms with Crippen molar-refractivity contribution in [2.45, 2.75) is 6.92 Å². The molecule has 0 amide bonds. The van der Waals surface area contributed by atoms with Crippen molar-refractivity contribution in [1.82, 2.24) is 0 Å². The van der Waals surface area contributed by atoms with Crippen molar-refractivity contribution in [3.8, 4) is 11.8 Å². The predicted molar refractivity (Wildman–Crippen MR) is 76.6 cm³/mol. The molecule has 0 aliphatic carbocycles. The summed E-state index contributed by atoms with van der Waals surface area (Å²) in [6.45, 7) is 2.00. The van der Waals surface area contributed by atoms with Crippen molar-refractivity contribution in [2.75, 3.05) is 18.2 Å². The number of ether oxygens (including phenoxy) is 1. The fourth-order valence-electron chi connectivity index (χ4n) is 1.78. The molecule has 3 N–H and O–H groups in total. The molecule has 0 spiro atoms. The van der Waals surface area contributed by atoms with Gasteiger partial charge in [-0.15, -0.1) is 0 Å². The van der Waals surface area contributed by atoms with E-state index in [-0.39, 0.29) is 0 Å². The molecule has 4 heteroatoms. The van der Waals surface area contributed by atoms with Crippen LogP contribution in [0.5, 0.6) is 5.75 Å². The number of aryl methyl sites for hydroxylation is 1. The molecule has 2 aromatic carbocycles. The van der Waals surface area contributed by atoms with Crippen LogP contribution >= 0.6 is 0 Å². The number of nitriles is 1. The first-order valence-corrected chi connectivity index (χ1v) is 5.85. The van der Waals surface area contributed by atoms with E-state index in [1.54, 1.807) is 19.2 Å². The minimum absolute atomic E-state index is 0.562. The standard InChI is InChI=1S/C15H15N3O/c1-10-3-5-12(17)8-14(10)18-13-6-4-11(9-16)7-15(13)19-2/h3-8,18H,17H2,1-2H3. The van der Waals surface area contributed by atoms with Gasteiger partial charge in [0.25, 0.3) is 0 Å². The number of hydrogen-bond acceptors (Lipinski definition) is 4. The predicted octanol–water partition coefficient (Wildman–Crippen LogP) is 3.20. The number of hydrogen-bond donors (Lipinski definition) is 2. The first-order chi connectivity index (χ1) is 9.13. The quantitative estimate of drug-likeness (QED) is 0.824. The Labute approximate surface area is 112 Å². The number of rotatable bonds is 3. The average Bonchev–Trinajstić information content (AvgIpc) is 2.43. The van der Waals surface area contributed by atoms with Crippen LogP contribution in [0.25, 0.3) is 0 Å². The van der Waals surface area contributed by atoms with Gasteiger partial charge in [0.15, 0.2) is 0 Å². The van der Waals surface area contributed by atoms with E-state index in [2.05, 4.69) is 11.4 Å². The summed E-state index contributed by atoms with van der Waals surface area (Å²) in [6.07, 6.45) is 0. The van der Waals surface area contributed by atoms with E-state index in [0.717, 1.165) is 16.9 Å². The van der Waals surface area contributed by atoms with Gasteiger partial charge in [-0.05, 0) is 36.8 Å². The maximum absolute atomic E-state index is 8.88. The van der Waals surface area contributed by atoms with E-state index < -0.39 is 0 Å². The molecular weight excluding hydrogens is 238 g/mol. The van der Waals surface area contributed by atoms with Gasteiger partial charge in [0.05, 0.1) is 24.4 Å². The van der Waals surface area contributed by atoms with Crippen LogP contribution in [0.3, 0.4) is 0 Å². The van der Waals surface area contributed by atoms with E-state index >= 15 is 0 Å². The first kappa shape index (κ1) is 12.8. The third-order valence-corrected chi connectivity index (χ3v) is 2.86. The van der Waals surface area contributed by atoms with Crippen molar-refractivity contribution in [2.24, 2.45) is 0 Å². The number of nitrogen functional groups attached to an aromatic ring is 1. The molecule has 19 heavy (non-hydrogen) atoms. The number of methoxy groups -OCH3 is 1. The lowest BCUT2D eigenvalue weighted by Gasteiger charge is -2.13. The van der Waals surface area contributed by atoms with Crippen molar-refractivity contribution in [1.29, 1.82) is 5.26 Å².